The van der Waals surface area contributed by atoms with E-state index in [0.29, 0.717) is 4.83 Å². The summed E-state index contributed by atoms with van der Waals surface area (Å²) >= 11 is 9.26. The van der Waals surface area contributed by atoms with Gasteiger partial charge in [0.25, 0.3) is 0 Å². The summed E-state index contributed by atoms with van der Waals surface area (Å²) < 4.78 is 2.51. The molecule has 0 nitrogen and oxygen atoms in total. The van der Waals surface area contributed by atoms with E-state index in [1.807, 2.05) is 0 Å². The van der Waals surface area contributed by atoms with Gasteiger partial charge in [-0.1, -0.05) is 58.4 Å². The third-order valence-electron chi connectivity index (χ3n) is 3.18. The molecule has 19 heavy (non-hydrogen) atoms. The molecule has 0 N–H and O–H groups in total. The highest BCUT2D eigenvalue weighted by Crippen LogP contribution is 2.39. The summed E-state index contributed by atoms with van der Waals surface area (Å²) in [7, 11) is 0. The molecule has 0 fully saturated rings. The predicted molar refractivity (Wildman–Crippen MR) is 91.3 cm³/mol. The Morgan fingerprint density at radius 1 is 1.00 bits per heavy atom. The molecule has 3 heteroatoms. The minimum Gasteiger partial charge on any atom is -0.142 e. The van der Waals surface area contributed by atoms with Gasteiger partial charge in [-0.2, -0.15) is 0 Å². The zero-order chi connectivity index (χ0) is 13.2. The maximum Gasteiger partial charge on any atom is 0.0488 e. The molecule has 0 radical (unpaired) electrons. The summed E-state index contributed by atoms with van der Waals surface area (Å²) in [6.07, 6.45) is 1.01. The van der Waals surface area contributed by atoms with Gasteiger partial charge in [-0.05, 0) is 50.3 Å². The molecule has 0 aliphatic rings. The van der Waals surface area contributed by atoms with Crippen LogP contribution in [0.5, 0.6) is 0 Å². The van der Waals surface area contributed by atoms with Crippen LogP contribution in [-0.2, 0) is 6.42 Å². The number of thiophene rings is 1. The number of hydrogen-bond acceptors (Lipinski definition) is 1. The highest BCUT2D eigenvalue weighted by atomic mass is 79.9. The van der Waals surface area contributed by atoms with Crippen LogP contribution in [0.2, 0.25) is 0 Å². The average Bonchev–Trinajstić information content (AvgIpc) is 2.85. The molecule has 2 aromatic carbocycles. The van der Waals surface area contributed by atoms with Crippen molar-refractivity contribution >= 4 is 53.3 Å². The van der Waals surface area contributed by atoms with Gasteiger partial charge in [0.2, 0.25) is 0 Å². The van der Waals surface area contributed by atoms with Crippen LogP contribution >= 0.6 is 43.2 Å². The van der Waals surface area contributed by atoms with Gasteiger partial charge in [0.05, 0.1) is 0 Å². The van der Waals surface area contributed by atoms with Crippen molar-refractivity contribution in [1.29, 1.82) is 0 Å². The molecule has 3 aromatic rings. The molecule has 0 aliphatic heterocycles. The lowest BCUT2D eigenvalue weighted by molar-refractivity contribution is 0.962. The van der Waals surface area contributed by atoms with E-state index in [0.717, 1.165) is 6.42 Å². The molecule has 0 spiro atoms. The van der Waals surface area contributed by atoms with Gasteiger partial charge in [-0.25, -0.2) is 0 Å². The molecular formula is C16H12Br2S. The number of fused-ring (bicyclic) bond motifs is 1. The van der Waals surface area contributed by atoms with Gasteiger partial charge >= 0.3 is 0 Å². The number of alkyl halides is 1. The van der Waals surface area contributed by atoms with E-state index in [9.17, 15) is 0 Å². The molecule has 96 valence electrons. The van der Waals surface area contributed by atoms with Crippen LogP contribution in [0.15, 0.2) is 58.4 Å². The van der Waals surface area contributed by atoms with Crippen molar-refractivity contribution in [2.75, 3.05) is 0 Å². The van der Waals surface area contributed by atoms with Gasteiger partial charge in [0.15, 0.2) is 0 Å². The van der Waals surface area contributed by atoms with Crippen molar-refractivity contribution in [2.45, 2.75) is 11.2 Å². The number of benzene rings is 2. The molecule has 0 amide bonds. The van der Waals surface area contributed by atoms with Crippen LogP contribution in [0.25, 0.3) is 10.1 Å². The quantitative estimate of drug-likeness (QED) is 0.453. The zero-order valence-electron chi connectivity index (χ0n) is 10.1. The largest absolute Gasteiger partial charge is 0.142 e. The Balaban J connectivity index is 1.94. The Bertz CT molecular complexity index is 688. The van der Waals surface area contributed by atoms with Crippen molar-refractivity contribution in [1.82, 2.24) is 0 Å². The second-order valence-electron chi connectivity index (χ2n) is 4.46. The van der Waals surface area contributed by atoms with Gasteiger partial charge in [-0.3, -0.25) is 0 Å². The summed E-state index contributed by atoms with van der Waals surface area (Å²) in [4.78, 5) is 0.359. The summed E-state index contributed by atoms with van der Waals surface area (Å²) in [5, 5.41) is 3.61. The Labute approximate surface area is 133 Å². The van der Waals surface area contributed by atoms with Crippen LogP contribution in [0, 0.1) is 0 Å². The summed E-state index contributed by atoms with van der Waals surface area (Å²) in [5.41, 5.74) is 2.74. The first kappa shape index (κ1) is 13.3. The molecule has 0 saturated carbocycles. The highest BCUT2D eigenvalue weighted by Gasteiger charge is 2.14. The van der Waals surface area contributed by atoms with Crippen molar-refractivity contribution in [3.8, 4) is 0 Å². The summed E-state index contributed by atoms with van der Waals surface area (Å²) in [6, 6.07) is 17.0. The molecule has 0 bridgehead atoms. The fraction of sp³-hybridized carbons (Fsp3) is 0.125. The van der Waals surface area contributed by atoms with Crippen LogP contribution in [-0.4, -0.2) is 0 Å². The van der Waals surface area contributed by atoms with Crippen LogP contribution in [0.4, 0.5) is 0 Å². The van der Waals surface area contributed by atoms with Crippen molar-refractivity contribution in [3.05, 3.63) is 69.5 Å². The molecular weight excluding hydrogens is 384 g/mol. The van der Waals surface area contributed by atoms with Crippen molar-refractivity contribution < 1.29 is 0 Å². The lowest BCUT2D eigenvalue weighted by Crippen LogP contribution is -1.94. The number of rotatable bonds is 3. The van der Waals surface area contributed by atoms with E-state index in [-0.39, 0.29) is 0 Å². The first-order valence-corrected chi connectivity index (χ1v) is 8.68. The van der Waals surface area contributed by atoms with E-state index >= 15 is 0 Å². The number of hydrogen-bond donors (Lipinski definition) is 0. The lowest BCUT2D eigenvalue weighted by Gasteiger charge is -2.09. The van der Waals surface area contributed by atoms with E-state index in [1.54, 1.807) is 11.3 Å². The van der Waals surface area contributed by atoms with E-state index < -0.39 is 0 Å². The second-order valence-corrected chi connectivity index (χ2v) is 7.30. The van der Waals surface area contributed by atoms with Crippen molar-refractivity contribution in [2.24, 2.45) is 0 Å². The normalized spacial score (nSPS) is 12.7. The van der Waals surface area contributed by atoms with E-state index in [2.05, 4.69) is 85.8 Å². The van der Waals surface area contributed by atoms with Crippen LogP contribution in [0.1, 0.15) is 16.0 Å². The first-order valence-electron chi connectivity index (χ1n) is 6.09. The fourth-order valence-electron chi connectivity index (χ4n) is 2.22. The van der Waals surface area contributed by atoms with E-state index in [4.69, 9.17) is 0 Å². The third kappa shape index (κ3) is 2.78. The topological polar surface area (TPSA) is 0 Å². The smallest absolute Gasteiger partial charge is 0.0488 e. The van der Waals surface area contributed by atoms with Gasteiger partial charge in [0.1, 0.15) is 0 Å². The minimum absolute atomic E-state index is 0.359. The van der Waals surface area contributed by atoms with E-state index in [1.165, 1.54) is 25.7 Å². The minimum atomic E-state index is 0.359. The monoisotopic (exact) mass is 394 g/mol. The van der Waals surface area contributed by atoms with Gasteiger partial charge in [-0.15, -0.1) is 11.3 Å². The van der Waals surface area contributed by atoms with Crippen LogP contribution < -0.4 is 0 Å². The SMILES string of the molecule is Brc1cccc2c(C(Br)Cc3ccccc3)csc12. The Kier molecular flexibility index (Phi) is 4.06. The molecule has 1 unspecified atom stereocenters. The highest BCUT2D eigenvalue weighted by molar-refractivity contribution is 9.10. The third-order valence-corrected chi connectivity index (χ3v) is 5.96. The van der Waals surface area contributed by atoms with Gasteiger partial charge < -0.3 is 0 Å². The summed E-state index contributed by atoms with van der Waals surface area (Å²) in [6.45, 7) is 0. The summed E-state index contributed by atoms with van der Waals surface area (Å²) in [5.74, 6) is 0. The average molecular weight is 396 g/mol. The fourth-order valence-corrected chi connectivity index (χ4v) is 4.82. The molecule has 1 heterocycles. The standard InChI is InChI=1S/C16H12Br2S/c17-14-8-4-7-12-13(10-19-16(12)14)15(18)9-11-5-2-1-3-6-11/h1-8,10,15H,9H2. The zero-order valence-corrected chi connectivity index (χ0v) is 14.1. The lowest BCUT2D eigenvalue weighted by atomic mass is 10.0. The first-order chi connectivity index (χ1) is 9.25. The Hall–Kier alpha value is -0.640. The Morgan fingerprint density at radius 2 is 1.79 bits per heavy atom. The van der Waals surface area contributed by atoms with Crippen molar-refractivity contribution in [3.63, 3.8) is 0 Å². The molecule has 3 rings (SSSR count). The maximum atomic E-state index is 3.84. The molecule has 1 atom stereocenters. The molecule has 1 aromatic heterocycles. The predicted octanol–water partition coefficient (Wildman–Crippen LogP) is 6.34. The Morgan fingerprint density at radius 3 is 2.58 bits per heavy atom. The maximum absolute atomic E-state index is 3.84. The second kappa shape index (κ2) is 5.78. The molecule has 0 saturated heterocycles. The van der Waals surface area contributed by atoms with Gasteiger partial charge in [0, 0.05) is 14.0 Å². The van der Waals surface area contributed by atoms with Crippen LogP contribution in [0.3, 0.4) is 0 Å². The molecule has 0 aliphatic carbocycles. The number of halogens is 2.